The van der Waals surface area contributed by atoms with Gasteiger partial charge in [0.2, 0.25) is 17.7 Å². The van der Waals surface area contributed by atoms with Crippen molar-refractivity contribution in [1.29, 1.82) is 0 Å². The Hall–Kier alpha value is -1.67. The summed E-state index contributed by atoms with van der Waals surface area (Å²) < 4.78 is 11.8. The average Bonchev–Trinajstić information content (AvgIpc) is 3.05. The van der Waals surface area contributed by atoms with Crippen LogP contribution in [0.2, 0.25) is 0 Å². The second kappa shape index (κ2) is 7.52. The van der Waals surface area contributed by atoms with Crippen molar-refractivity contribution in [2.24, 2.45) is 0 Å². The number of fused-ring (bicyclic) bond motifs is 1. The Labute approximate surface area is 153 Å². The third-order valence-corrected chi connectivity index (χ3v) is 5.27. The van der Waals surface area contributed by atoms with Gasteiger partial charge in [-0.05, 0) is 26.7 Å². The summed E-state index contributed by atoms with van der Waals surface area (Å²) in [5.41, 5.74) is 0. The van der Waals surface area contributed by atoms with E-state index in [4.69, 9.17) is 9.47 Å². The molecule has 26 heavy (non-hydrogen) atoms. The van der Waals surface area contributed by atoms with Gasteiger partial charge in [-0.2, -0.15) is 0 Å². The van der Waals surface area contributed by atoms with Gasteiger partial charge in [0.1, 0.15) is 18.2 Å². The minimum atomic E-state index is -0.772. The molecule has 2 N–H and O–H groups in total. The van der Waals surface area contributed by atoms with Crippen molar-refractivity contribution in [3.63, 3.8) is 0 Å². The molecule has 1 aliphatic carbocycles. The quantitative estimate of drug-likeness (QED) is 0.745. The van der Waals surface area contributed by atoms with Gasteiger partial charge in [0.15, 0.2) is 5.79 Å². The van der Waals surface area contributed by atoms with E-state index in [1.54, 1.807) is 0 Å². The summed E-state index contributed by atoms with van der Waals surface area (Å²) in [5, 5.41) is 5.60. The molecule has 1 saturated carbocycles. The summed E-state index contributed by atoms with van der Waals surface area (Å²) in [6.45, 7) is 5.13. The van der Waals surface area contributed by atoms with Gasteiger partial charge < -0.3 is 25.0 Å². The summed E-state index contributed by atoms with van der Waals surface area (Å²) >= 11 is 0. The van der Waals surface area contributed by atoms with Gasteiger partial charge in [-0.15, -0.1) is 0 Å². The Morgan fingerprint density at radius 2 is 1.81 bits per heavy atom. The number of amides is 3. The molecule has 8 heteroatoms. The SMILES string of the molecule is CC(=O)NCC(=O)N1C[C@@H]2OC(C)(C)O[C@@H]2[C@H]1C(=O)NC1CCCCC1. The van der Waals surface area contributed by atoms with Crippen LogP contribution in [-0.4, -0.2) is 65.8 Å². The van der Waals surface area contributed by atoms with Crippen LogP contribution >= 0.6 is 0 Å². The second-order valence-corrected chi connectivity index (χ2v) is 7.88. The van der Waals surface area contributed by atoms with Crippen LogP contribution in [0.1, 0.15) is 52.9 Å². The van der Waals surface area contributed by atoms with Crippen LogP contribution in [0.25, 0.3) is 0 Å². The molecule has 3 amide bonds. The minimum absolute atomic E-state index is 0.134. The first kappa shape index (κ1) is 19.1. The van der Waals surface area contributed by atoms with Crippen LogP contribution in [0.5, 0.6) is 0 Å². The molecule has 0 radical (unpaired) electrons. The van der Waals surface area contributed by atoms with Gasteiger partial charge in [0.05, 0.1) is 13.1 Å². The van der Waals surface area contributed by atoms with Crippen LogP contribution in [-0.2, 0) is 23.9 Å². The highest BCUT2D eigenvalue weighted by atomic mass is 16.8. The third kappa shape index (κ3) is 4.17. The van der Waals surface area contributed by atoms with Crippen molar-refractivity contribution < 1.29 is 23.9 Å². The molecule has 2 saturated heterocycles. The molecule has 0 aromatic carbocycles. The standard InChI is InChI=1S/C18H29N3O5/c1-11(22)19-9-14(23)21-10-13-16(26-18(2,3)25-13)15(21)17(24)20-12-7-5-4-6-8-12/h12-13,15-16H,4-10H2,1-3H3,(H,19,22)(H,20,24)/t13-,15-,16-/m0/s1. The number of carbonyl (C=O) groups is 3. The normalized spacial score (nSPS) is 30.7. The molecule has 2 heterocycles. The number of nitrogens with zero attached hydrogens (tertiary/aromatic N) is 1. The lowest BCUT2D eigenvalue weighted by Crippen LogP contribution is -2.55. The first-order valence-corrected chi connectivity index (χ1v) is 9.47. The summed E-state index contributed by atoms with van der Waals surface area (Å²) in [5.74, 6) is -1.55. The van der Waals surface area contributed by atoms with Crippen LogP contribution < -0.4 is 10.6 Å². The van der Waals surface area contributed by atoms with Crippen molar-refractivity contribution in [2.75, 3.05) is 13.1 Å². The zero-order valence-electron chi connectivity index (χ0n) is 15.7. The van der Waals surface area contributed by atoms with E-state index in [0.717, 1.165) is 25.7 Å². The van der Waals surface area contributed by atoms with Crippen LogP contribution in [0.4, 0.5) is 0 Å². The van der Waals surface area contributed by atoms with Crippen LogP contribution in [0.15, 0.2) is 0 Å². The molecule has 3 rings (SSSR count). The fourth-order valence-corrected chi connectivity index (χ4v) is 4.14. The number of nitrogens with one attached hydrogen (secondary N) is 2. The van der Waals surface area contributed by atoms with E-state index in [0.29, 0.717) is 0 Å². The Balaban J connectivity index is 1.72. The lowest BCUT2D eigenvalue weighted by Gasteiger charge is -2.31. The minimum Gasteiger partial charge on any atom is -0.351 e. The number of hydrogen-bond acceptors (Lipinski definition) is 5. The molecular weight excluding hydrogens is 338 g/mol. The molecule has 146 valence electrons. The van der Waals surface area contributed by atoms with E-state index in [-0.39, 0.29) is 43.0 Å². The van der Waals surface area contributed by atoms with E-state index in [1.807, 2.05) is 13.8 Å². The molecule has 8 nitrogen and oxygen atoms in total. The van der Waals surface area contributed by atoms with Gasteiger partial charge >= 0.3 is 0 Å². The summed E-state index contributed by atoms with van der Waals surface area (Å²) in [7, 11) is 0. The van der Waals surface area contributed by atoms with E-state index in [2.05, 4.69) is 10.6 Å². The van der Waals surface area contributed by atoms with Crippen molar-refractivity contribution in [3.05, 3.63) is 0 Å². The van der Waals surface area contributed by atoms with Gasteiger partial charge in [-0.25, -0.2) is 0 Å². The summed E-state index contributed by atoms with van der Waals surface area (Å²) in [6, 6.07) is -0.581. The first-order valence-electron chi connectivity index (χ1n) is 9.47. The lowest BCUT2D eigenvalue weighted by atomic mass is 9.95. The van der Waals surface area contributed by atoms with Gasteiger partial charge in [0.25, 0.3) is 0 Å². The first-order chi connectivity index (χ1) is 12.3. The fourth-order valence-electron chi connectivity index (χ4n) is 4.14. The molecule has 3 aliphatic rings. The van der Waals surface area contributed by atoms with Gasteiger partial charge in [-0.1, -0.05) is 19.3 Å². The molecule has 0 bridgehead atoms. The number of likely N-dealkylation sites (tertiary alicyclic amines) is 1. The highest BCUT2D eigenvalue weighted by Crippen LogP contribution is 2.37. The van der Waals surface area contributed by atoms with Gasteiger partial charge in [0, 0.05) is 13.0 Å². The van der Waals surface area contributed by atoms with Crippen LogP contribution in [0.3, 0.4) is 0 Å². The number of ether oxygens (including phenoxy) is 2. The van der Waals surface area contributed by atoms with Gasteiger partial charge in [-0.3, -0.25) is 14.4 Å². The third-order valence-electron chi connectivity index (χ3n) is 5.27. The molecule has 3 fully saturated rings. The summed E-state index contributed by atoms with van der Waals surface area (Å²) in [4.78, 5) is 38.2. The maximum Gasteiger partial charge on any atom is 0.245 e. The molecule has 0 aromatic heterocycles. The maximum atomic E-state index is 13.0. The van der Waals surface area contributed by atoms with Crippen LogP contribution in [0, 0.1) is 0 Å². The van der Waals surface area contributed by atoms with Crippen molar-refractivity contribution in [3.8, 4) is 0 Å². The number of carbonyl (C=O) groups excluding carboxylic acids is 3. The maximum absolute atomic E-state index is 13.0. The van der Waals surface area contributed by atoms with Crippen molar-refractivity contribution >= 4 is 17.7 Å². The number of rotatable bonds is 4. The average molecular weight is 367 g/mol. The zero-order valence-corrected chi connectivity index (χ0v) is 15.7. The Morgan fingerprint density at radius 1 is 1.12 bits per heavy atom. The predicted octanol–water partition coefficient (Wildman–Crippen LogP) is 0.302. The second-order valence-electron chi connectivity index (χ2n) is 7.88. The molecule has 3 atom stereocenters. The van der Waals surface area contributed by atoms with Crippen molar-refractivity contribution in [2.45, 2.75) is 83.0 Å². The highest BCUT2D eigenvalue weighted by Gasteiger charge is 2.56. The van der Waals surface area contributed by atoms with E-state index in [1.165, 1.54) is 18.2 Å². The molecule has 0 unspecified atom stereocenters. The fraction of sp³-hybridized carbons (Fsp3) is 0.833. The smallest absolute Gasteiger partial charge is 0.245 e. The largest absolute Gasteiger partial charge is 0.351 e. The molecule has 0 aromatic rings. The summed E-state index contributed by atoms with van der Waals surface area (Å²) in [6.07, 6.45) is 4.53. The van der Waals surface area contributed by atoms with E-state index < -0.39 is 17.9 Å². The molecule has 0 spiro atoms. The highest BCUT2D eigenvalue weighted by molar-refractivity contribution is 5.91. The predicted molar refractivity (Wildman–Crippen MR) is 93.0 cm³/mol. The van der Waals surface area contributed by atoms with E-state index >= 15 is 0 Å². The van der Waals surface area contributed by atoms with E-state index in [9.17, 15) is 14.4 Å². The topological polar surface area (TPSA) is 97.0 Å². The Bertz CT molecular complexity index is 573. The lowest BCUT2D eigenvalue weighted by molar-refractivity contribution is -0.169. The number of hydrogen-bond donors (Lipinski definition) is 2. The Kier molecular flexibility index (Phi) is 5.53. The zero-order chi connectivity index (χ0) is 18.9. The molecular formula is C18H29N3O5. The molecule has 2 aliphatic heterocycles. The monoisotopic (exact) mass is 367 g/mol. The van der Waals surface area contributed by atoms with Crippen molar-refractivity contribution in [1.82, 2.24) is 15.5 Å². The Morgan fingerprint density at radius 3 is 2.46 bits per heavy atom.